The van der Waals surface area contributed by atoms with Gasteiger partial charge in [0.2, 0.25) is 5.91 Å². The Morgan fingerprint density at radius 3 is 2.84 bits per heavy atom. The molecule has 6 heteroatoms. The predicted octanol–water partition coefficient (Wildman–Crippen LogP) is 3.27. The summed E-state index contributed by atoms with van der Waals surface area (Å²) in [7, 11) is 0. The van der Waals surface area contributed by atoms with Gasteiger partial charge < -0.3 is 4.90 Å². The zero-order chi connectivity index (χ0) is 17.4. The Kier molecular flexibility index (Phi) is 4.11. The summed E-state index contributed by atoms with van der Waals surface area (Å²) in [5.41, 5.74) is 3.94. The van der Waals surface area contributed by atoms with Gasteiger partial charge in [-0.25, -0.2) is 0 Å². The second-order valence-corrected chi connectivity index (χ2v) is 6.96. The highest BCUT2D eigenvalue weighted by Gasteiger charge is 2.27. The van der Waals surface area contributed by atoms with Gasteiger partial charge in [-0.15, -0.1) is 5.10 Å². The van der Waals surface area contributed by atoms with Gasteiger partial charge in [-0.2, -0.15) is 4.52 Å². The minimum absolute atomic E-state index is 0.210. The Hall–Kier alpha value is -2.50. The largest absolute Gasteiger partial charge is 0.335 e. The molecular formula is C19H23N5O. The minimum Gasteiger partial charge on any atom is -0.335 e. The summed E-state index contributed by atoms with van der Waals surface area (Å²) in [6, 6.07) is 8.73. The molecule has 0 unspecified atom stereocenters. The van der Waals surface area contributed by atoms with Crippen LogP contribution in [0.15, 0.2) is 24.3 Å². The van der Waals surface area contributed by atoms with Crippen molar-refractivity contribution in [1.29, 1.82) is 0 Å². The summed E-state index contributed by atoms with van der Waals surface area (Å²) >= 11 is 0. The van der Waals surface area contributed by atoms with E-state index in [4.69, 9.17) is 0 Å². The fraction of sp³-hybridized carbons (Fsp3) is 0.474. The van der Waals surface area contributed by atoms with Crippen LogP contribution in [0.1, 0.15) is 50.2 Å². The molecule has 130 valence electrons. The SMILES string of the molecule is CCC(=O)N(Cc1cc2cc(C)ccc2n2nnnc12)C1CCCC1. The monoisotopic (exact) mass is 337 g/mol. The van der Waals surface area contributed by atoms with Crippen molar-refractivity contribution in [1.82, 2.24) is 24.9 Å². The molecule has 1 fully saturated rings. The predicted molar refractivity (Wildman–Crippen MR) is 96.1 cm³/mol. The third-order valence-electron chi connectivity index (χ3n) is 5.23. The number of carbonyl (C=O) groups is 1. The highest BCUT2D eigenvalue weighted by molar-refractivity contribution is 5.84. The van der Waals surface area contributed by atoms with E-state index in [1.165, 1.54) is 18.4 Å². The normalized spacial score (nSPS) is 15.3. The molecule has 0 atom stereocenters. The number of carbonyl (C=O) groups excluding carboxylic acids is 1. The standard InChI is InChI=1S/C19H23N5O/c1-3-18(25)23(16-6-4-5-7-16)12-15-11-14-10-13(2)8-9-17(14)24-19(15)20-21-22-24/h8-11,16H,3-7,12H2,1-2H3. The second kappa shape index (κ2) is 6.43. The number of amides is 1. The topological polar surface area (TPSA) is 63.4 Å². The zero-order valence-corrected chi connectivity index (χ0v) is 14.8. The van der Waals surface area contributed by atoms with Gasteiger partial charge in [0.25, 0.3) is 0 Å². The van der Waals surface area contributed by atoms with E-state index in [1.54, 1.807) is 4.52 Å². The fourth-order valence-corrected chi connectivity index (χ4v) is 3.92. The van der Waals surface area contributed by atoms with E-state index < -0.39 is 0 Å². The first-order chi connectivity index (χ1) is 12.2. The third-order valence-corrected chi connectivity index (χ3v) is 5.23. The molecule has 1 aliphatic rings. The zero-order valence-electron chi connectivity index (χ0n) is 14.8. The minimum atomic E-state index is 0.210. The van der Waals surface area contributed by atoms with E-state index >= 15 is 0 Å². The number of hydrogen-bond donors (Lipinski definition) is 0. The third kappa shape index (κ3) is 2.86. The summed E-state index contributed by atoms with van der Waals surface area (Å²) in [4.78, 5) is 14.6. The van der Waals surface area contributed by atoms with Gasteiger partial charge in [0, 0.05) is 30.0 Å². The van der Waals surface area contributed by atoms with Gasteiger partial charge in [-0.3, -0.25) is 4.79 Å². The Labute approximate surface area is 146 Å². The Morgan fingerprint density at radius 1 is 1.28 bits per heavy atom. The number of nitrogens with zero attached hydrogens (tertiary/aromatic N) is 5. The molecule has 2 heterocycles. The summed E-state index contributed by atoms with van der Waals surface area (Å²) in [5, 5.41) is 13.3. The van der Waals surface area contributed by atoms with Crippen LogP contribution >= 0.6 is 0 Å². The van der Waals surface area contributed by atoms with E-state index in [2.05, 4.69) is 40.6 Å². The quantitative estimate of drug-likeness (QED) is 0.733. The van der Waals surface area contributed by atoms with Crippen molar-refractivity contribution in [3.8, 4) is 0 Å². The van der Waals surface area contributed by atoms with Crippen LogP contribution in [0.3, 0.4) is 0 Å². The lowest BCUT2D eigenvalue weighted by Gasteiger charge is -2.29. The molecular weight excluding hydrogens is 314 g/mol. The van der Waals surface area contributed by atoms with Crippen molar-refractivity contribution in [2.75, 3.05) is 0 Å². The van der Waals surface area contributed by atoms with Gasteiger partial charge in [0.1, 0.15) is 0 Å². The van der Waals surface area contributed by atoms with Gasteiger partial charge in [0.05, 0.1) is 5.52 Å². The highest BCUT2D eigenvalue weighted by Crippen LogP contribution is 2.28. The first-order valence-corrected chi connectivity index (χ1v) is 9.07. The van der Waals surface area contributed by atoms with Gasteiger partial charge >= 0.3 is 0 Å². The Balaban J connectivity index is 1.80. The van der Waals surface area contributed by atoms with Gasteiger partial charge in [0.15, 0.2) is 5.65 Å². The number of fused-ring (bicyclic) bond motifs is 3. The molecule has 0 radical (unpaired) electrons. The summed E-state index contributed by atoms with van der Waals surface area (Å²) < 4.78 is 1.79. The lowest BCUT2D eigenvalue weighted by molar-refractivity contribution is -0.133. The molecule has 0 N–H and O–H groups in total. The van der Waals surface area contributed by atoms with Crippen LogP contribution in [0.4, 0.5) is 0 Å². The van der Waals surface area contributed by atoms with E-state index in [1.807, 2.05) is 17.9 Å². The number of pyridine rings is 1. The van der Waals surface area contributed by atoms with Gasteiger partial charge in [-0.05, 0) is 48.4 Å². The Bertz CT molecular complexity index is 926. The lowest BCUT2D eigenvalue weighted by atomic mass is 10.1. The fourth-order valence-electron chi connectivity index (χ4n) is 3.92. The molecule has 0 aliphatic heterocycles. The van der Waals surface area contributed by atoms with E-state index in [9.17, 15) is 4.79 Å². The molecule has 1 saturated carbocycles. The van der Waals surface area contributed by atoms with E-state index in [0.29, 0.717) is 19.0 Å². The first kappa shape index (κ1) is 16.0. The van der Waals surface area contributed by atoms with E-state index in [0.717, 1.165) is 35.0 Å². The summed E-state index contributed by atoms with van der Waals surface area (Å²) in [5.74, 6) is 0.210. The molecule has 1 amide bonds. The summed E-state index contributed by atoms with van der Waals surface area (Å²) in [6.07, 6.45) is 5.14. The van der Waals surface area contributed by atoms with Crippen LogP contribution in [-0.4, -0.2) is 36.9 Å². The molecule has 1 aromatic carbocycles. The Morgan fingerprint density at radius 2 is 2.08 bits per heavy atom. The second-order valence-electron chi connectivity index (χ2n) is 6.96. The number of rotatable bonds is 4. The molecule has 2 aromatic heterocycles. The van der Waals surface area contributed by atoms with E-state index in [-0.39, 0.29) is 5.91 Å². The van der Waals surface area contributed by atoms with Crippen molar-refractivity contribution >= 4 is 22.5 Å². The van der Waals surface area contributed by atoms with Crippen LogP contribution < -0.4 is 0 Å². The average molecular weight is 337 g/mol. The van der Waals surface area contributed by atoms with Crippen molar-refractivity contribution in [2.45, 2.75) is 58.5 Å². The highest BCUT2D eigenvalue weighted by atomic mass is 16.2. The molecule has 0 spiro atoms. The van der Waals surface area contributed by atoms with Crippen molar-refractivity contribution in [3.05, 3.63) is 35.4 Å². The molecule has 25 heavy (non-hydrogen) atoms. The lowest BCUT2D eigenvalue weighted by Crippen LogP contribution is -2.38. The molecule has 0 saturated heterocycles. The van der Waals surface area contributed by atoms with Crippen LogP contribution in [0.25, 0.3) is 16.6 Å². The number of aromatic nitrogens is 4. The maximum Gasteiger partial charge on any atom is 0.222 e. The molecule has 1 aliphatic carbocycles. The van der Waals surface area contributed by atoms with Crippen molar-refractivity contribution in [3.63, 3.8) is 0 Å². The van der Waals surface area contributed by atoms with Crippen molar-refractivity contribution < 1.29 is 4.79 Å². The first-order valence-electron chi connectivity index (χ1n) is 9.07. The van der Waals surface area contributed by atoms with Crippen LogP contribution in [0, 0.1) is 6.92 Å². The average Bonchev–Trinajstić information content (AvgIpc) is 3.30. The number of benzene rings is 1. The molecule has 4 rings (SSSR count). The van der Waals surface area contributed by atoms with Crippen LogP contribution in [0.5, 0.6) is 0 Å². The van der Waals surface area contributed by atoms with Crippen LogP contribution in [-0.2, 0) is 11.3 Å². The number of hydrogen-bond acceptors (Lipinski definition) is 4. The van der Waals surface area contributed by atoms with Crippen LogP contribution in [0.2, 0.25) is 0 Å². The van der Waals surface area contributed by atoms with Gasteiger partial charge in [-0.1, -0.05) is 31.4 Å². The molecule has 6 nitrogen and oxygen atoms in total. The van der Waals surface area contributed by atoms with Crippen molar-refractivity contribution in [2.24, 2.45) is 0 Å². The number of tetrazole rings is 1. The number of aryl methyl sites for hydroxylation is 1. The maximum atomic E-state index is 12.6. The molecule has 0 bridgehead atoms. The smallest absolute Gasteiger partial charge is 0.222 e. The summed E-state index contributed by atoms with van der Waals surface area (Å²) in [6.45, 7) is 4.59. The molecule has 3 aromatic rings. The maximum absolute atomic E-state index is 12.6.